The maximum atomic E-state index is 13.1. The summed E-state index contributed by atoms with van der Waals surface area (Å²) in [7, 11) is 0. The molecule has 0 atom stereocenters. The standard InChI is InChI=1S/C23H20N2O2S/c1-3-27-21-13-10-16-6-4-5-7-19(16)22(21)23(26)25-18-11-8-17(9-12-18)20-14-28-15(2)24-20/h4-14H,3H2,1-2H3,(H,25,26). The largest absolute Gasteiger partial charge is 0.493 e. The lowest BCUT2D eigenvalue weighted by Crippen LogP contribution is -2.14. The van der Waals surface area contributed by atoms with Crippen LogP contribution in [-0.4, -0.2) is 17.5 Å². The molecule has 1 N–H and O–H groups in total. The summed E-state index contributed by atoms with van der Waals surface area (Å²) in [5.41, 5.74) is 3.27. The van der Waals surface area contributed by atoms with E-state index in [1.807, 2.05) is 79.9 Å². The third-order valence-corrected chi connectivity index (χ3v) is 5.25. The Bertz CT molecular complexity index is 1130. The minimum atomic E-state index is -0.183. The lowest BCUT2D eigenvalue weighted by molar-refractivity contribution is 0.102. The monoisotopic (exact) mass is 388 g/mol. The maximum Gasteiger partial charge on any atom is 0.260 e. The number of hydrogen-bond donors (Lipinski definition) is 1. The van der Waals surface area contributed by atoms with E-state index in [-0.39, 0.29) is 5.91 Å². The molecule has 1 amide bonds. The van der Waals surface area contributed by atoms with Crippen LogP contribution in [-0.2, 0) is 0 Å². The second kappa shape index (κ2) is 7.82. The van der Waals surface area contributed by atoms with Crippen molar-refractivity contribution in [2.45, 2.75) is 13.8 Å². The van der Waals surface area contributed by atoms with Gasteiger partial charge in [-0.3, -0.25) is 4.79 Å². The summed E-state index contributed by atoms with van der Waals surface area (Å²) >= 11 is 1.62. The predicted octanol–water partition coefficient (Wildman–Crippen LogP) is 5.92. The topological polar surface area (TPSA) is 51.2 Å². The van der Waals surface area contributed by atoms with Crippen molar-refractivity contribution in [1.29, 1.82) is 0 Å². The third-order valence-electron chi connectivity index (χ3n) is 4.48. The van der Waals surface area contributed by atoms with Crippen LogP contribution >= 0.6 is 11.3 Å². The van der Waals surface area contributed by atoms with Crippen molar-refractivity contribution in [3.63, 3.8) is 0 Å². The first kappa shape index (κ1) is 18.2. The van der Waals surface area contributed by atoms with Crippen molar-refractivity contribution < 1.29 is 9.53 Å². The molecule has 28 heavy (non-hydrogen) atoms. The number of anilines is 1. The number of nitrogens with one attached hydrogen (secondary N) is 1. The van der Waals surface area contributed by atoms with Crippen molar-refractivity contribution in [2.75, 3.05) is 11.9 Å². The first-order valence-corrected chi connectivity index (χ1v) is 10.0. The molecular weight excluding hydrogens is 368 g/mol. The first-order chi connectivity index (χ1) is 13.7. The Balaban J connectivity index is 1.64. The Labute approximate surface area is 167 Å². The maximum absolute atomic E-state index is 13.1. The minimum Gasteiger partial charge on any atom is -0.493 e. The highest BCUT2D eigenvalue weighted by Gasteiger charge is 2.17. The van der Waals surface area contributed by atoms with Gasteiger partial charge < -0.3 is 10.1 Å². The van der Waals surface area contributed by atoms with E-state index >= 15 is 0 Å². The normalized spacial score (nSPS) is 10.8. The number of thiazole rings is 1. The highest BCUT2D eigenvalue weighted by molar-refractivity contribution is 7.09. The van der Waals surface area contributed by atoms with Crippen LogP contribution < -0.4 is 10.1 Å². The molecule has 4 aromatic rings. The molecule has 0 bridgehead atoms. The molecule has 3 aromatic carbocycles. The number of nitrogens with zero attached hydrogens (tertiary/aromatic N) is 1. The number of aromatic nitrogens is 1. The molecule has 140 valence electrons. The fraction of sp³-hybridized carbons (Fsp3) is 0.130. The van der Waals surface area contributed by atoms with Gasteiger partial charge in [-0.1, -0.05) is 42.5 Å². The van der Waals surface area contributed by atoms with Gasteiger partial charge in [-0.15, -0.1) is 11.3 Å². The van der Waals surface area contributed by atoms with Crippen LogP contribution in [0.3, 0.4) is 0 Å². The second-order valence-electron chi connectivity index (χ2n) is 6.38. The fourth-order valence-corrected chi connectivity index (χ4v) is 3.80. The molecule has 0 aliphatic carbocycles. The zero-order chi connectivity index (χ0) is 19.5. The van der Waals surface area contributed by atoms with E-state index in [4.69, 9.17) is 4.74 Å². The smallest absolute Gasteiger partial charge is 0.260 e. The summed E-state index contributed by atoms with van der Waals surface area (Å²) in [4.78, 5) is 17.6. The SMILES string of the molecule is CCOc1ccc2ccccc2c1C(=O)Nc1ccc(-c2csc(C)n2)cc1. The summed E-state index contributed by atoms with van der Waals surface area (Å²) in [6.45, 7) is 4.40. The molecule has 0 spiro atoms. The zero-order valence-electron chi connectivity index (χ0n) is 15.7. The molecule has 0 radical (unpaired) electrons. The predicted molar refractivity (Wildman–Crippen MR) is 115 cm³/mol. The summed E-state index contributed by atoms with van der Waals surface area (Å²) < 4.78 is 5.72. The molecule has 0 unspecified atom stereocenters. The van der Waals surface area contributed by atoms with Crippen LogP contribution in [0.25, 0.3) is 22.0 Å². The Morgan fingerprint density at radius 1 is 1.07 bits per heavy atom. The van der Waals surface area contributed by atoms with E-state index in [1.54, 1.807) is 11.3 Å². The summed E-state index contributed by atoms with van der Waals surface area (Å²) in [5.74, 6) is 0.408. The average molecular weight is 388 g/mol. The van der Waals surface area contributed by atoms with Gasteiger partial charge in [0.25, 0.3) is 5.91 Å². The van der Waals surface area contributed by atoms with Crippen molar-refractivity contribution in [1.82, 2.24) is 4.98 Å². The number of carbonyl (C=O) groups is 1. The van der Waals surface area contributed by atoms with Crippen LogP contribution in [0.2, 0.25) is 0 Å². The minimum absolute atomic E-state index is 0.183. The van der Waals surface area contributed by atoms with E-state index in [0.29, 0.717) is 17.9 Å². The van der Waals surface area contributed by atoms with Crippen LogP contribution in [0, 0.1) is 6.92 Å². The zero-order valence-corrected chi connectivity index (χ0v) is 16.5. The van der Waals surface area contributed by atoms with Crippen LogP contribution in [0.1, 0.15) is 22.3 Å². The van der Waals surface area contributed by atoms with Gasteiger partial charge in [-0.05, 0) is 42.8 Å². The van der Waals surface area contributed by atoms with Crippen molar-refractivity contribution in [3.8, 4) is 17.0 Å². The molecule has 1 aromatic heterocycles. The lowest BCUT2D eigenvalue weighted by atomic mass is 10.0. The highest BCUT2D eigenvalue weighted by Crippen LogP contribution is 2.29. The van der Waals surface area contributed by atoms with E-state index < -0.39 is 0 Å². The number of amides is 1. The molecule has 1 heterocycles. The number of benzene rings is 3. The number of hydrogen-bond acceptors (Lipinski definition) is 4. The van der Waals surface area contributed by atoms with Crippen LogP contribution in [0.15, 0.2) is 66.0 Å². The van der Waals surface area contributed by atoms with Crippen LogP contribution in [0.4, 0.5) is 5.69 Å². The number of ether oxygens (including phenoxy) is 1. The van der Waals surface area contributed by atoms with E-state index in [9.17, 15) is 4.79 Å². The lowest BCUT2D eigenvalue weighted by Gasteiger charge is -2.14. The Kier molecular flexibility index (Phi) is 5.08. The molecule has 4 rings (SSSR count). The average Bonchev–Trinajstić information content (AvgIpc) is 3.15. The van der Waals surface area contributed by atoms with Crippen molar-refractivity contribution >= 4 is 33.7 Å². The van der Waals surface area contributed by atoms with Gasteiger partial charge >= 0.3 is 0 Å². The van der Waals surface area contributed by atoms with Gasteiger partial charge in [-0.25, -0.2) is 4.98 Å². The van der Waals surface area contributed by atoms with Gasteiger partial charge in [-0.2, -0.15) is 0 Å². The molecule has 4 nitrogen and oxygen atoms in total. The Hall–Kier alpha value is -3.18. The molecule has 0 aliphatic heterocycles. The van der Waals surface area contributed by atoms with Crippen LogP contribution in [0.5, 0.6) is 5.75 Å². The molecule has 0 saturated carbocycles. The quantitative estimate of drug-likeness (QED) is 0.461. The highest BCUT2D eigenvalue weighted by atomic mass is 32.1. The molecular formula is C23H20N2O2S. The summed E-state index contributed by atoms with van der Waals surface area (Å²) in [6, 6.07) is 19.4. The van der Waals surface area contributed by atoms with E-state index in [1.165, 1.54) is 0 Å². The van der Waals surface area contributed by atoms with Gasteiger partial charge in [0.05, 0.1) is 22.9 Å². The van der Waals surface area contributed by atoms with Gasteiger partial charge in [0.1, 0.15) is 5.75 Å². The fourth-order valence-electron chi connectivity index (χ4n) is 3.18. The Morgan fingerprint density at radius 2 is 1.86 bits per heavy atom. The van der Waals surface area contributed by atoms with Gasteiger partial charge in [0.15, 0.2) is 0 Å². The molecule has 0 saturated heterocycles. The summed E-state index contributed by atoms with van der Waals surface area (Å²) in [6.07, 6.45) is 0. The third kappa shape index (κ3) is 3.62. The number of aryl methyl sites for hydroxylation is 1. The van der Waals surface area contributed by atoms with Crippen molar-refractivity contribution in [2.24, 2.45) is 0 Å². The first-order valence-electron chi connectivity index (χ1n) is 9.14. The molecule has 0 fully saturated rings. The number of carbonyl (C=O) groups excluding carboxylic acids is 1. The Morgan fingerprint density at radius 3 is 2.57 bits per heavy atom. The number of fused-ring (bicyclic) bond motifs is 1. The second-order valence-corrected chi connectivity index (χ2v) is 7.44. The summed E-state index contributed by atoms with van der Waals surface area (Å²) in [5, 5.41) is 7.95. The molecule has 0 aliphatic rings. The van der Waals surface area contributed by atoms with E-state index in [2.05, 4.69) is 10.3 Å². The number of rotatable bonds is 5. The molecule has 5 heteroatoms. The van der Waals surface area contributed by atoms with Crippen molar-refractivity contribution in [3.05, 3.63) is 76.6 Å². The van der Waals surface area contributed by atoms with Gasteiger partial charge in [0, 0.05) is 16.6 Å². The van der Waals surface area contributed by atoms with Gasteiger partial charge in [0.2, 0.25) is 0 Å². The van der Waals surface area contributed by atoms with E-state index in [0.717, 1.165) is 32.7 Å².